The minimum absolute atomic E-state index is 0.531. The van der Waals surface area contributed by atoms with Crippen molar-refractivity contribution in [1.82, 2.24) is 19.7 Å². The lowest BCUT2D eigenvalue weighted by molar-refractivity contribution is 0.209. The predicted molar refractivity (Wildman–Crippen MR) is 125 cm³/mol. The van der Waals surface area contributed by atoms with Crippen LogP contribution in [0.5, 0.6) is 0 Å². The van der Waals surface area contributed by atoms with Crippen LogP contribution in [0.2, 0.25) is 5.02 Å². The molecule has 0 atom stereocenters. The molecule has 1 aromatic carbocycles. The van der Waals surface area contributed by atoms with Crippen molar-refractivity contribution in [3.8, 4) is 11.4 Å². The third-order valence-electron chi connectivity index (χ3n) is 6.60. The number of benzene rings is 1. The van der Waals surface area contributed by atoms with Crippen LogP contribution in [0.4, 0.5) is 0 Å². The number of rotatable bonds is 5. The van der Waals surface area contributed by atoms with Gasteiger partial charge in [-0.15, -0.1) is 21.5 Å². The molecule has 0 N–H and O–H groups in total. The molecular formula is C24H29ClN4S. The first-order valence-corrected chi connectivity index (χ1v) is 12.4. The Kier molecular flexibility index (Phi) is 5.94. The number of aromatic nitrogens is 3. The van der Waals surface area contributed by atoms with E-state index in [1.165, 1.54) is 52.4 Å². The molecule has 0 unspecified atom stereocenters. The van der Waals surface area contributed by atoms with Crippen LogP contribution in [-0.2, 0) is 25.8 Å². The number of aryl methyl sites for hydroxylation is 2. The van der Waals surface area contributed by atoms with Gasteiger partial charge in [0.15, 0.2) is 5.82 Å². The lowest BCUT2D eigenvalue weighted by Crippen LogP contribution is -2.35. The molecule has 158 valence electrons. The highest BCUT2D eigenvalue weighted by Gasteiger charge is 2.28. The molecular weight excluding hydrogens is 412 g/mol. The first-order chi connectivity index (χ1) is 14.7. The van der Waals surface area contributed by atoms with Crippen molar-refractivity contribution in [3.63, 3.8) is 0 Å². The fraction of sp³-hybridized carbons (Fsp3) is 0.500. The highest BCUT2D eigenvalue weighted by molar-refractivity contribution is 7.12. The maximum absolute atomic E-state index is 6.00. The van der Waals surface area contributed by atoms with E-state index in [-0.39, 0.29) is 0 Å². The van der Waals surface area contributed by atoms with Crippen LogP contribution in [0, 0.1) is 0 Å². The van der Waals surface area contributed by atoms with Gasteiger partial charge in [-0.05, 0) is 75.4 Å². The number of hydrogen-bond donors (Lipinski definition) is 0. The van der Waals surface area contributed by atoms with Crippen LogP contribution in [0.3, 0.4) is 0 Å². The Morgan fingerprint density at radius 3 is 2.67 bits per heavy atom. The summed E-state index contributed by atoms with van der Waals surface area (Å²) in [4.78, 5) is 5.56. The highest BCUT2D eigenvalue weighted by atomic mass is 35.5. The van der Waals surface area contributed by atoms with Crippen LogP contribution in [0.25, 0.3) is 11.4 Å². The van der Waals surface area contributed by atoms with Gasteiger partial charge in [0.05, 0.1) is 0 Å². The molecule has 1 saturated heterocycles. The molecule has 0 aliphatic carbocycles. The van der Waals surface area contributed by atoms with Gasteiger partial charge in [-0.3, -0.25) is 0 Å². The summed E-state index contributed by atoms with van der Waals surface area (Å²) >= 11 is 7.97. The molecule has 1 fully saturated rings. The van der Waals surface area contributed by atoms with Gasteiger partial charge >= 0.3 is 0 Å². The molecule has 0 bridgehead atoms. The van der Waals surface area contributed by atoms with Crippen molar-refractivity contribution >= 4 is 22.9 Å². The zero-order valence-electron chi connectivity index (χ0n) is 17.6. The predicted octanol–water partition coefficient (Wildman–Crippen LogP) is 5.59. The molecule has 2 aromatic heterocycles. The van der Waals surface area contributed by atoms with E-state index in [1.54, 1.807) is 0 Å². The topological polar surface area (TPSA) is 34.0 Å². The van der Waals surface area contributed by atoms with E-state index in [0.717, 1.165) is 49.9 Å². The van der Waals surface area contributed by atoms with E-state index in [9.17, 15) is 0 Å². The third-order valence-corrected chi connectivity index (χ3v) is 8.19. The minimum atomic E-state index is 0.531. The Hall–Kier alpha value is -1.69. The summed E-state index contributed by atoms with van der Waals surface area (Å²) in [7, 11) is 0. The van der Waals surface area contributed by atoms with Gasteiger partial charge in [0.1, 0.15) is 5.82 Å². The number of halogens is 1. The molecule has 6 heteroatoms. The van der Waals surface area contributed by atoms with Crippen molar-refractivity contribution in [2.24, 2.45) is 0 Å². The van der Waals surface area contributed by atoms with Crippen molar-refractivity contribution < 1.29 is 0 Å². The fourth-order valence-corrected chi connectivity index (χ4v) is 6.09. The van der Waals surface area contributed by atoms with Crippen molar-refractivity contribution in [3.05, 3.63) is 56.5 Å². The number of thiophene rings is 1. The van der Waals surface area contributed by atoms with Gasteiger partial charge in [0, 0.05) is 39.3 Å². The lowest BCUT2D eigenvalue weighted by Gasteiger charge is -2.31. The maximum atomic E-state index is 6.00. The largest absolute Gasteiger partial charge is 0.311 e. The van der Waals surface area contributed by atoms with Crippen molar-refractivity contribution in [1.29, 1.82) is 0 Å². The summed E-state index contributed by atoms with van der Waals surface area (Å²) in [6.45, 7) is 6.69. The molecule has 0 spiro atoms. The minimum Gasteiger partial charge on any atom is -0.311 e. The molecule has 0 saturated carbocycles. The van der Waals surface area contributed by atoms with Gasteiger partial charge in [0.25, 0.3) is 0 Å². The first-order valence-electron chi connectivity index (χ1n) is 11.2. The summed E-state index contributed by atoms with van der Waals surface area (Å²) < 4.78 is 2.44. The molecule has 0 amide bonds. The standard InChI is InChI=1S/C24H29ClN4S/c1-2-20-16-21-22(30-20)4-3-12-29-23(26-27-24(21)29)18-10-14-28(15-11-18)13-9-17-5-7-19(25)8-6-17/h5-8,16,18H,2-4,9-15H2,1H3. The normalized spacial score (nSPS) is 17.5. The zero-order valence-corrected chi connectivity index (χ0v) is 19.2. The van der Waals surface area contributed by atoms with Gasteiger partial charge in [-0.2, -0.15) is 0 Å². The number of hydrogen-bond acceptors (Lipinski definition) is 4. The average molecular weight is 441 g/mol. The summed E-state index contributed by atoms with van der Waals surface area (Å²) in [5.41, 5.74) is 2.70. The van der Waals surface area contributed by atoms with E-state index in [4.69, 9.17) is 16.7 Å². The van der Waals surface area contributed by atoms with Crippen LogP contribution in [0.15, 0.2) is 30.3 Å². The number of likely N-dealkylation sites (tertiary alicyclic amines) is 1. The monoisotopic (exact) mass is 440 g/mol. The summed E-state index contributed by atoms with van der Waals surface area (Å²) in [6, 6.07) is 10.6. The molecule has 0 radical (unpaired) electrons. The zero-order chi connectivity index (χ0) is 20.5. The number of fused-ring (bicyclic) bond motifs is 3. The van der Waals surface area contributed by atoms with Gasteiger partial charge in [-0.1, -0.05) is 30.7 Å². The Bertz CT molecular complexity index is 999. The Morgan fingerprint density at radius 1 is 1.10 bits per heavy atom. The molecule has 3 aromatic rings. The van der Waals surface area contributed by atoms with E-state index >= 15 is 0 Å². The first kappa shape index (κ1) is 20.2. The molecule has 2 aliphatic rings. The van der Waals surface area contributed by atoms with E-state index < -0.39 is 0 Å². The molecule has 30 heavy (non-hydrogen) atoms. The van der Waals surface area contributed by atoms with E-state index in [2.05, 4.69) is 39.7 Å². The van der Waals surface area contributed by atoms with E-state index in [0.29, 0.717) is 5.92 Å². The summed E-state index contributed by atoms with van der Waals surface area (Å²) in [5.74, 6) is 2.86. The summed E-state index contributed by atoms with van der Waals surface area (Å²) in [5, 5.41) is 10.2. The quantitative estimate of drug-likeness (QED) is 0.518. The number of nitrogens with zero attached hydrogens (tertiary/aromatic N) is 4. The van der Waals surface area contributed by atoms with Gasteiger partial charge in [-0.25, -0.2) is 0 Å². The van der Waals surface area contributed by atoms with Crippen LogP contribution in [0.1, 0.15) is 53.2 Å². The second-order valence-electron chi connectivity index (χ2n) is 8.53. The van der Waals surface area contributed by atoms with Crippen LogP contribution in [-0.4, -0.2) is 39.3 Å². The second kappa shape index (κ2) is 8.81. The number of piperidine rings is 1. The summed E-state index contributed by atoms with van der Waals surface area (Å²) in [6.07, 6.45) is 6.90. The molecule has 2 aliphatic heterocycles. The van der Waals surface area contributed by atoms with Crippen LogP contribution < -0.4 is 0 Å². The molecule has 5 rings (SSSR count). The lowest BCUT2D eigenvalue weighted by atomic mass is 9.95. The maximum Gasteiger partial charge on any atom is 0.165 e. The van der Waals surface area contributed by atoms with Crippen molar-refractivity contribution in [2.75, 3.05) is 19.6 Å². The smallest absolute Gasteiger partial charge is 0.165 e. The fourth-order valence-electron chi connectivity index (χ4n) is 4.82. The Morgan fingerprint density at radius 2 is 1.90 bits per heavy atom. The Labute approximate surface area is 187 Å². The van der Waals surface area contributed by atoms with E-state index in [1.807, 2.05) is 23.5 Å². The second-order valence-corrected chi connectivity index (χ2v) is 10.2. The average Bonchev–Trinajstić information content (AvgIpc) is 3.34. The van der Waals surface area contributed by atoms with Crippen LogP contribution >= 0.6 is 22.9 Å². The SMILES string of the molecule is CCc1cc2c(s1)CCCn1c-2nnc1C1CCN(CCc2ccc(Cl)cc2)CC1. The molecule has 4 nitrogen and oxygen atoms in total. The third kappa shape index (κ3) is 4.08. The van der Waals surface area contributed by atoms with Crippen molar-refractivity contribution in [2.45, 2.75) is 57.9 Å². The highest BCUT2D eigenvalue weighted by Crippen LogP contribution is 2.37. The van der Waals surface area contributed by atoms with Gasteiger partial charge in [0.2, 0.25) is 0 Å². The Balaban J connectivity index is 1.24. The molecule has 4 heterocycles. The van der Waals surface area contributed by atoms with Gasteiger partial charge < -0.3 is 9.47 Å².